The Balaban J connectivity index is 1.63. The number of likely N-dealkylation sites (tertiary alicyclic amines) is 1. The van der Waals surface area contributed by atoms with Gasteiger partial charge in [-0.05, 0) is 31.9 Å². The van der Waals surface area contributed by atoms with Gasteiger partial charge in [-0.15, -0.1) is 0 Å². The predicted octanol–water partition coefficient (Wildman–Crippen LogP) is 3.72. The van der Waals surface area contributed by atoms with Crippen molar-refractivity contribution in [1.82, 2.24) is 14.5 Å². The predicted molar refractivity (Wildman–Crippen MR) is 96.7 cm³/mol. The second-order valence-corrected chi connectivity index (χ2v) is 7.04. The first-order valence-corrected chi connectivity index (χ1v) is 9.22. The van der Waals surface area contributed by atoms with Crippen molar-refractivity contribution in [1.29, 1.82) is 0 Å². The van der Waals surface area contributed by atoms with Crippen LogP contribution in [-0.4, -0.2) is 39.2 Å². The molecule has 28 heavy (non-hydrogen) atoms. The lowest BCUT2D eigenvalue weighted by Gasteiger charge is -2.32. The highest BCUT2D eigenvalue weighted by Crippen LogP contribution is 2.30. The molecule has 1 aromatic carbocycles. The summed E-state index contributed by atoms with van der Waals surface area (Å²) in [7, 11) is 0. The van der Waals surface area contributed by atoms with Crippen molar-refractivity contribution < 1.29 is 22.8 Å². The molecular formula is C20H22F3N3O2. The van der Waals surface area contributed by atoms with Crippen LogP contribution in [0.5, 0.6) is 0 Å². The van der Waals surface area contributed by atoms with Gasteiger partial charge in [0.15, 0.2) is 5.78 Å². The van der Waals surface area contributed by atoms with Gasteiger partial charge in [-0.3, -0.25) is 9.59 Å². The van der Waals surface area contributed by atoms with Gasteiger partial charge in [-0.25, -0.2) is 4.98 Å². The van der Waals surface area contributed by atoms with E-state index in [-0.39, 0.29) is 23.8 Å². The van der Waals surface area contributed by atoms with Crippen LogP contribution in [0.25, 0.3) is 0 Å². The molecule has 1 amide bonds. The topological polar surface area (TPSA) is 55.2 Å². The summed E-state index contributed by atoms with van der Waals surface area (Å²) in [6, 6.07) is 4.49. The molecule has 1 aliphatic heterocycles. The number of halogens is 3. The van der Waals surface area contributed by atoms with Crippen LogP contribution in [0.2, 0.25) is 0 Å². The van der Waals surface area contributed by atoms with Crippen LogP contribution >= 0.6 is 0 Å². The maximum absolute atomic E-state index is 12.9. The number of hydrogen-bond donors (Lipinski definition) is 0. The highest BCUT2D eigenvalue weighted by molar-refractivity contribution is 5.98. The molecular weight excluding hydrogens is 371 g/mol. The Morgan fingerprint density at radius 3 is 2.75 bits per heavy atom. The summed E-state index contributed by atoms with van der Waals surface area (Å²) in [5.41, 5.74) is -0.791. The fourth-order valence-corrected chi connectivity index (χ4v) is 3.52. The number of benzene rings is 1. The minimum absolute atomic E-state index is 0.0446. The van der Waals surface area contributed by atoms with Crippen LogP contribution in [0.3, 0.4) is 0 Å². The number of ketones is 1. The molecule has 2 aromatic rings. The molecule has 3 rings (SSSR count). The number of aryl methyl sites for hydroxylation is 2. The van der Waals surface area contributed by atoms with Gasteiger partial charge in [0.05, 0.1) is 5.56 Å². The van der Waals surface area contributed by atoms with E-state index in [9.17, 15) is 22.8 Å². The normalized spacial score (nSPS) is 17.6. The van der Waals surface area contributed by atoms with E-state index in [4.69, 9.17) is 0 Å². The Bertz CT molecular complexity index is 860. The van der Waals surface area contributed by atoms with Crippen molar-refractivity contribution in [3.63, 3.8) is 0 Å². The Morgan fingerprint density at radius 1 is 1.29 bits per heavy atom. The van der Waals surface area contributed by atoms with E-state index in [1.165, 1.54) is 12.1 Å². The number of nitrogens with zero attached hydrogens (tertiary/aromatic N) is 3. The lowest BCUT2D eigenvalue weighted by Crippen LogP contribution is -2.42. The number of hydrogen-bond acceptors (Lipinski definition) is 3. The number of Topliss-reactive ketones (excluding diaryl/α,β-unsaturated/α-hetero) is 1. The Kier molecular flexibility index (Phi) is 5.86. The number of rotatable bonds is 5. The molecule has 0 N–H and O–H groups in total. The number of amides is 1. The van der Waals surface area contributed by atoms with Crippen molar-refractivity contribution in [3.8, 4) is 0 Å². The number of carbonyl (C=O) groups excluding carboxylic acids is 2. The monoisotopic (exact) mass is 393 g/mol. The molecule has 0 saturated carbocycles. The lowest BCUT2D eigenvalue weighted by atomic mass is 9.89. The third-order valence-corrected chi connectivity index (χ3v) is 5.11. The van der Waals surface area contributed by atoms with Crippen molar-refractivity contribution in [3.05, 3.63) is 53.6 Å². The van der Waals surface area contributed by atoms with E-state index >= 15 is 0 Å². The number of aromatic nitrogens is 2. The van der Waals surface area contributed by atoms with Crippen LogP contribution in [0.4, 0.5) is 13.2 Å². The van der Waals surface area contributed by atoms with E-state index in [0.29, 0.717) is 32.4 Å². The maximum Gasteiger partial charge on any atom is 0.416 e. The van der Waals surface area contributed by atoms with Gasteiger partial charge in [0.25, 0.3) is 0 Å². The first kappa shape index (κ1) is 20.1. The molecule has 8 heteroatoms. The van der Waals surface area contributed by atoms with Crippen LogP contribution < -0.4 is 0 Å². The largest absolute Gasteiger partial charge is 0.416 e. The zero-order valence-corrected chi connectivity index (χ0v) is 15.6. The van der Waals surface area contributed by atoms with Gasteiger partial charge in [0.1, 0.15) is 5.82 Å². The highest BCUT2D eigenvalue weighted by Gasteiger charge is 2.33. The SMILES string of the molecule is Cc1nccn1CCC(=O)N1CCCC(C(=O)c2cccc(C(F)(F)F)c2)C1. The van der Waals surface area contributed by atoms with Gasteiger partial charge in [0.2, 0.25) is 5.91 Å². The average molecular weight is 393 g/mol. The molecule has 1 unspecified atom stereocenters. The molecule has 150 valence electrons. The summed E-state index contributed by atoms with van der Waals surface area (Å²) < 4.78 is 40.6. The number of piperidine rings is 1. The van der Waals surface area contributed by atoms with E-state index in [2.05, 4.69) is 4.98 Å². The van der Waals surface area contributed by atoms with Gasteiger partial charge >= 0.3 is 6.18 Å². The standard InChI is InChI=1S/C20H22F3N3O2/c1-14-24-8-11-25(14)10-7-18(27)26-9-3-5-16(13-26)19(28)15-4-2-6-17(12-15)20(21,22)23/h2,4,6,8,11-12,16H,3,5,7,9-10,13H2,1H3. The highest BCUT2D eigenvalue weighted by atomic mass is 19.4. The molecule has 0 aliphatic carbocycles. The molecule has 1 saturated heterocycles. The average Bonchev–Trinajstić information content (AvgIpc) is 3.10. The summed E-state index contributed by atoms with van der Waals surface area (Å²) in [5, 5.41) is 0. The Hall–Kier alpha value is -2.64. The van der Waals surface area contributed by atoms with Gasteiger partial charge in [0, 0.05) is 49.9 Å². The molecule has 1 atom stereocenters. The second kappa shape index (κ2) is 8.16. The molecule has 2 heterocycles. The van der Waals surface area contributed by atoms with E-state index in [1.54, 1.807) is 17.3 Å². The maximum atomic E-state index is 12.9. The number of alkyl halides is 3. The number of imidazole rings is 1. The minimum Gasteiger partial charge on any atom is -0.342 e. The molecule has 0 bridgehead atoms. The Morgan fingerprint density at radius 2 is 2.07 bits per heavy atom. The molecule has 0 spiro atoms. The fourth-order valence-electron chi connectivity index (χ4n) is 3.52. The first-order chi connectivity index (χ1) is 13.3. The zero-order valence-electron chi connectivity index (χ0n) is 15.6. The molecule has 5 nitrogen and oxygen atoms in total. The van der Waals surface area contributed by atoms with E-state index < -0.39 is 17.7 Å². The summed E-state index contributed by atoms with van der Waals surface area (Å²) in [4.78, 5) is 31.0. The molecule has 1 aliphatic rings. The van der Waals surface area contributed by atoms with Crippen molar-refractivity contribution in [2.24, 2.45) is 5.92 Å². The molecule has 1 aromatic heterocycles. The minimum atomic E-state index is -4.49. The van der Waals surface area contributed by atoms with Crippen molar-refractivity contribution in [2.75, 3.05) is 13.1 Å². The second-order valence-electron chi connectivity index (χ2n) is 7.04. The summed E-state index contributed by atoms with van der Waals surface area (Å²) in [6.07, 6.45) is 0.506. The number of carbonyl (C=O) groups is 2. The third kappa shape index (κ3) is 4.61. The van der Waals surface area contributed by atoms with Crippen LogP contribution in [0.1, 0.15) is 41.0 Å². The van der Waals surface area contributed by atoms with Gasteiger partial charge in [-0.2, -0.15) is 13.2 Å². The van der Waals surface area contributed by atoms with Crippen LogP contribution in [0.15, 0.2) is 36.7 Å². The van der Waals surface area contributed by atoms with Crippen molar-refractivity contribution in [2.45, 2.75) is 38.9 Å². The van der Waals surface area contributed by atoms with Gasteiger partial charge < -0.3 is 9.47 Å². The quantitative estimate of drug-likeness (QED) is 0.728. The lowest BCUT2D eigenvalue weighted by molar-refractivity contribution is -0.137. The Labute approximate surface area is 161 Å². The van der Waals surface area contributed by atoms with Crippen LogP contribution in [0, 0.1) is 12.8 Å². The third-order valence-electron chi connectivity index (χ3n) is 5.11. The zero-order chi connectivity index (χ0) is 20.3. The van der Waals surface area contributed by atoms with Crippen molar-refractivity contribution >= 4 is 11.7 Å². The summed E-state index contributed by atoms with van der Waals surface area (Å²) >= 11 is 0. The molecule has 0 radical (unpaired) electrons. The summed E-state index contributed by atoms with van der Waals surface area (Å²) in [5.74, 6) is -0.0519. The van der Waals surface area contributed by atoms with E-state index in [0.717, 1.165) is 18.0 Å². The smallest absolute Gasteiger partial charge is 0.342 e. The molecule has 1 fully saturated rings. The summed E-state index contributed by atoms with van der Waals surface area (Å²) in [6.45, 7) is 3.17. The van der Waals surface area contributed by atoms with Crippen LogP contribution in [-0.2, 0) is 17.5 Å². The van der Waals surface area contributed by atoms with E-state index in [1.807, 2.05) is 11.5 Å². The van der Waals surface area contributed by atoms with Gasteiger partial charge in [-0.1, -0.05) is 12.1 Å². The first-order valence-electron chi connectivity index (χ1n) is 9.22. The fraction of sp³-hybridized carbons (Fsp3) is 0.450.